The molecule has 0 aliphatic carbocycles. The second-order valence-electron chi connectivity index (χ2n) is 21.0. The van der Waals surface area contributed by atoms with Crippen LogP contribution >= 0.6 is 0 Å². The lowest BCUT2D eigenvalue weighted by Gasteiger charge is -2.41. The van der Waals surface area contributed by atoms with Crippen molar-refractivity contribution in [2.75, 3.05) is 61.2 Å². The number of piperidine rings is 1. The Balaban J connectivity index is 0.000000185. The molecule has 7 aromatic rings. The summed E-state index contributed by atoms with van der Waals surface area (Å²) in [5, 5.41) is 3.39. The molecule has 81 heavy (non-hydrogen) atoms. The van der Waals surface area contributed by atoms with Gasteiger partial charge in [-0.15, -0.1) is 5.06 Å². The second-order valence-corrected chi connectivity index (χ2v) is 21.0. The predicted molar refractivity (Wildman–Crippen MR) is 301 cm³/mol. The number of carbonyl (C=O) groups is 6. The molecule has 3 atom stereocenters. The zero-order valence-electron chi connectivity index (χ0n) is 46.9. The van der Waals surface area contributed by atoms with Crippen LogP contribution in [0.5, 0.6) is 17.2 Å². The third kappa shape index (κ3) is 11.3. The molecule has 3 fully saturated rings. The van der Waals surface area contributed by atoms with Crippen molar-refractivity contribution in [3.8, 4) is 17.2 Å². The maximum atomic E-state index is 13.1. The van der Waals surface area contributed by atoms with Crippen LogP contribution in [0.1, 0.15) is 125 Å². The number of H-pyrrole nitrogens is 2. The van der Waals surface area contributed by atoms with Crippen molar-refractivity contribution in [3.63, 3.8) is 0 Å². The lowest BCUT2D eigenvalue weighted by atomic mass is 9.91. The zero-order chi connectivity index (χ0) is 57.2. The van der Waals surface area contributed by atoms with E-state index in [0.29, 0.717) is 34.6 Å². The molecule has 4 aliphatic rings. The van der Waals surface area contributed by atoms with Gasteiger partial charge >= 0.3 is 11.9 Å². The topological polar surface area (TPSA) is 206 Å². The number of hydrogen-bond donors (Lipinski definition) is 2. The zero-order valence-corrected chi connectivity index (χ0v) is 46.9. The van der Waals surface area contributed by atoms with Crippen LogP contribution in [0, 0.1) is 20.8 Å². The van der Waals surface area contributed by atoms with Crippen LogP contribution in [0.25, 0.3) is 21.8 Å². The number of fused-ring (bicyclic) bond motifs is 3. The highest BCUT2D eigenvalue weighted by molar-refractivity contribution is 6.21. The standard InChI is InChI=1S/C34H35N3O7.C28H32N4O5/c1-5-43-24-13-15-36(19-28-25-12-14-35-31(25)20(2)16-30(28)42-4)29(18-24)21-6-8-22(9-7-21)34(40)44-37-32(38)26-11-10-23(41-3)17-27(26)33(37)39;1-17-13-19(5-6-20(17)28(35)37-32-25(33)7-8-26(32)34)23-16-30(3)11-12-31(23)15-22-21-9-10-29-27(21)18(2)14-24(22)36-4/h6-12,14,16-17,24,29,35H,5,13,15,18-19H2,1-4H3;5-6,9-10,13-14,23,29H,7-8,11-12,15-16H2,1-4H3/t24?,29-;/m0./s1. The Kier molecular flexibility index (Phi) is 16.4. The Morgan fingerprint density at radius 1 is 0.605 bits per heavy atom. The largest absolute Gasteiger partial charge is 0.497 e. The highest BCUT2D eigenvalue weighted by Crippen LogP contribution is 2.40. The lowest BCUT2D eigenvalue weighted by Crippen LogP contribution is -2.46. The summed E-state index contributed by atoms with van der Waals surface area (Å²) in [5.74, 6) is -1.73. The van der Waals surface area contributed by atoms with Gasteiger partial charge in [-0.1, -0.05) is 29.3 Å². The quantitative estimate of drug-likeness (QED) is 0.0919. The Bertz CT molecular complexity index is 3550. The fraction of sp³-hybridized carbons (Fsp3) is 0.355. The predicted octanol–water partition coefficient (Wildman–Crippen LogP) is 9.11. The number of aromatic amines is 2. The monoisotopic (exact) mass is 1100 g/mol. The molecule has 0 bridgehead atoms. The smallest absolute Gasteiger partial charge is 0.364 e. The van der Waals surface area contributed by atoms with Crippen LogP contribution < -0.4 is 14.2 Å². The van der Waals surface area contributed by atoms with Gasteiger partial charge in [-0.05, 0) is 136 Å². The summed E-state index contributed by atoms with van der Waals surface area (Å²) in [6.07, 6.45) is 5.87. The Labute approximate surface area is 469 Å². The molecule has 2 N–H and O–H groups in total. The van der Waals surface area contributed by atoms with E-state index in [1.807, 2.05) is 50.5 Å². The third-order valence-electron chi connectivity index (χ3n) is 15.9. The number of aryl methyl sites for hydroxylation is 3. The number of carbonyl (C=O) groups excluding carboxylic acids is 6. The molecular weight excluding hydrogens is 1030 g/mol. The van der Waals surface area contributed by atoms with Crippen LogP contribution in [0.3, 0.4) is 0 Å². The van der Waals surface area contributed by atoms with Gasteiger partial charge < -0.3 is 43.5 Å². The van der Waals surface area contributed by atoms with Gasteiger partial charge in [-0.2, -0.15) is 0 Å². The van der Waals surface area contributed by atoms with Crippen LogP contribution in [-0.2, 0) is 37.1 Å². The van der Waals surface area contributed by atoms with E-state index < -0.39 is 35.6 Å². The minimum Gasteiger partial charge on any atom is -0.497 e. The maximum Gasteiger partial charge on any atom is 0.364 e. The number of piperazine rings is 1. The summed E-state index contributed by atoms with van der Waals surface area (Å²) < 4.78 is 22.8. The number of imide groups is 2. The first-order chi connectivity index (χ1) is 39.1. The fourth-order valence-corrected chi connectivity index (χ4v) is 11.6. The van der Waals surface area contributed by atoms with Gasteiger partial charge in [0.25, 0.3) is 23.6 Å². The summed E-state index contributed by atoms with van der Waals surface area (Å²) in [5.41, 5.74) is 10.4. The van der Waals surface area contributed by atoms with E-state index in [1.165, 1.54) is 19.2 Å². The number of aromatic nitrogens is 2. The maximum absolute atomic E-state index is 13.1. The van der Waals surface area contributed by atoms with Crippen molar-refractivity contribution in [2.24, 2.45) is 0 Å². The van der Waals surface area contributed by atoms with E-state index in [0.717, 1.165) is 118 Å². The van der Waals surface area contributed by atoms with Crippen LogP contribution in [0.2, 0.25) is 0 Å². The molecule has 19 heteroatoms. The van der Waals surface area contributed by atoms with Crippen molar-refractivity contribution in [1.29, 1.82) is 0 Å². The normalized spacial score (nSPS) is 18.8. The first kappa shape index (κ1) is 55.9. The molecule has 0 spiro atoms. The van der Waals surface area contributed by atoms with Gasteiger partial charge in [-0.25, -0.2) is 9.59 Å². The number of likely N-dealkylation sites (N-methyl/N-ethyl adjacent to an activating group) is 1. The van der Waals surface area contributed by atoms with Crippen LogP contribution in [0.4, 0.5) is 0 Å². The fourth-order valence-electron chi connectivity index (χ4n) is 11.6. The SMILES string of the molecule is CCOC1CCN(Cc2c(OC)cc(C)c3[nH]ccc23)[C@H](c2ccc(C(=O)ON3C(=O)c4ccc(OC)cc4C3=O)cc2)C1.COc1cc(C)c2[nH]ccc2c1CN1CCN(C)CC1c1ccc(C(=O)ON2C(=O)CCC2=O)c(C)c1. The molecule has 0 saturated carbocycles. The Hall–Kier alpha value is -8.36. The highest BCUT2D eigenvalue weighted by Gasteiger charge is 2.40. The Morgan fingerprint density at radius 3 is 1.79 bits per heavy atom. The van der Waals surface area contributed by atoms with E-state index in [2.05, 4.69) is 69.8 Å². The van der Waals surface area contributed by atoms with Crippen LogP contribution in [-0.4, -0.2) is 138 Å². The summed E-state index contributed by atoms with van der Waals surface area (Å²) in [4.78, 5) is 99.5. The number of ether oxygens (including phenoxy) is 4. The molecule has 4 amide bonds. The number of nitrogens with zero attached hydrogens (tertiary/aromatic N) is 5. The molecule has 4 aliphatic heterocycles. The number of methoxy groups -OCH3 is 3. The van der Waals surface area contributed by atoms with Gasteiger partial charge in [0.2, 0.25) is 0 Å². The molecule has 2 aromatic heterocycles. The minimum absolute atomic E-state index is 0.0246. The molecule has 3 saturated heterocycles. The first-order valence-corrected chi connectivity index (χ1v) is 27.2. The summed E-state index contributed by atoms with van der Waals surface area (Å²) in [7, 11) is 6.99. The molecule has 19 nitrogen and oxygen atoms in total. The molecule has 2 unspecified atom stereocenters. The van der Waals surface area contributed by atoms with E-state index in [-0.39, 0.29) is 47.7 Å². The van der Waals surface area contributed by atoms with E-state index >= 15 is 0 Å². The van der Waals surface area contributed by atoms with E-state index in [1.54, 1.807) is 38.5 Å². The molecular formula is C62H67N7O12. The molecule has 0 radical (unpaired) electrons. The number of rotatable bonds is 15. The number of amides is 4. The number of hydroxylamine groups is 4. The average molecular weight is 1100 g/mol. The van der Waals surface area contributed by atoms with Gasteiger partial charge in [0, 0.05) is 116 Å². The van der Waals surface area contributed by atoms with Crippen molar-refractivity contribution in [1.82, 2.24) is 34.8 Å². The van der Waals surface area contributed by atoms with Crippen LogP contribution in [0.15, 0.2) is 97.3 Å². The second kappa shape index (κ2) is 23.8. The molecule has 6 heterocycles. The minimum atomic E-state index is -0.801. The highest BCUT2D eigenvalue weighted by atomic mass is 16.7. The van der Waals surface area contributed by atoms with Gasteiger partial charge in [0.1, 0.15) is 17.2 Å². The van der Waals surface area contributed by atoms with E-state index in [4.69, 9.17) is 28.6 Å². The van der Waals surface area contributed by atoms with Gasteiger partial charge in [-0.3, -0.25) is 29.0 Å². The summed E-state index contributed by atoms with van der Waals surface area (Å²) in [6, 6.07) is 25.8. The third-order valence-corrected chi connectivity index (χ3v) is 15.9. The molecule has 422 valence electrons. The van der Waals surface area contributed by atoms with Crippen molar-refractivity contribution < 1.29 is 57.4 Å². The first-order valence-electron chi connectivity index (χ1n) is 27.2. The van der Waals surface area contributed by atoms with Crippen molar-refractivity contribution >= 4 is 57.4 Å². The van der Waals surface area contributed by atoms with Gasteiger partial charge in [0.05, 0.1) is 49.7 Å². The number of nitrogens with one attached hydrogen (secondary N) is 2. The van der Waals surface area contributed by atoms with E-state index in [9.17, 15) is 28.8 Å². The van der Waals surface area contributed by atoms with Gasteiger partial charge in [0.15, 0.2) is 0 Å². The summed E-state index contributed by atoms with van der Waals surface area (Å²) in [6.45, 7) is 13.5. The summed E-state index contributed by atoms with van der Waals surface area (Å²) >= 11 is 0. The number of hydrogen-bond acceptors (Lipinski definition) is 15. The Morgan fingerprint density at radius 2 is 1.20 bits per heavy atom. The number of benzene rings is 5. The van der Waals surface area contributed by atoms with Crippen molar-refractivity contribution in [3.05, 3.63) is 159 Å². The number of likely N-dealkylation sites (tertiary alicyclic amines) is 1. The average Bonchev–Trinajstić information content (AvgIpc) is 4.38. The molecule has 11 rings (SSSR count). The molecule has 5 aromatic carbocycles. The lowest BCUT2D eigenvalue weighted by molar-refractivity contribution is -0.172. The van der Waals surface area contributed by atoms with Crippen molar-refractivity contribution in [2.45, 2.75) is 84.7 Å².